The molecule has 18 heavy (non-hydrogen) atoms. The quantitative estimate of drug-likeness (QED) is 0.787. The van der Waals surface area contributed by atoms with E-state index in [9.17, 15) is 4.79 Å². The van der Waals surface area contributed by atoms with Crippen molar-refractivity contribution in [1.82, 2.24) is 5.32 Å². The van der Waals surface area contributed by atoms with Gasteiger partial charge in [0.1, 0.15) is 6.04 Å². The molecule has 3 nitrogen and oxygen atoms in total. The van der Waals surface area contributed by atoms with Crippen LogP contribution in [0.5, 0.6) is 0 Å². The lowest BCUT2D eigenvalue weighted by Gasteiger charge is -2.29. The van der Waals surface area contributed by atoms with E-state index in [0.717, 1.165) is 12.8 Å². The molecule has 0 amide bonds. The van der Waals surface area contributed by atoms with Crippen LogP contribution in [0.4, 0.5) is 0 Å². The fourth-order valence-electron chi connectivity index (χ4n) is 2.00. The molecule has 3 heteroatoms. The van der Waals surface area contributed by atoms with Gasteiger partial charge in [-0.15, -0.1) is 0 Å². The Bertz CT molecular complexity index is 373. The van der Waals surface area contributed by atoms with Gasteiger partial charge in [0.2, 0.25) is 0 Å². The number of ether oxygens (including phenoxy) is 1. The maximum Gasteiger partial charge on any atom is 0.322 e. The van der Waals surface area contributed by atoms with Gasteiger partial charge < -0.3 is 4.74 Å². The highest BCUT2D eigenvalue weighted by Crippen LogP contribution is 2.14. The van der Waals surface area contributed by atoms with Crippen molar-refractivity contribution in [3.8, 4) is 0 Å². The third kappa shape index (κ3) is 4.88. The highest BCUT2D eigenvalue weighted by Gasteiger charge is 2.23. The molecule has 0 aliphatic rings. The zero-order valence-electron chi connectivity index (χ0n) is 11.7. The number of nitrogens with one attached hydrogen (secondary N) is 1. The van der Waals surface area contributed by atoms with E-state index >= 15 is 0 Å². The molecule has 0 spiro atoms. The Balaban J connectivity index is 2.47. The molecule has 1 N–H and O–H groups in total. The summed E-state index contributed by atoms with van der Waals surface area (Å²) in [5, 5.41) is 3.30. The Morgan fingerprint density at radius 1 is 1.33 bits per heavy atom. The molecule has 0 saturated carbocycles. The summed E-state index contributed by atoms with van der Waals surface area (Å²) in [4.78, 5) is 11.4. The number of aryl methyl sites for hydroxylation is 1. The van der Waals surface area contributed by atoms with Crippen molar-refractivity contribution < 1.29 is 9.53 Å². The van der Waals surface area contributed by atoms with Gasteiger partial charge in [-0.3, -0.25) is 10.1 Å². The topological polar surface area (TPSA) is 38.3 Å². The first-order valence-corrected chi connectivity index (χ1v) is 6.34. The zero-order valence-corrected chi connectivity index (χ0v) is 11.7. The summed E-state index contributed by atoms with van der Waals surface area (Å²) in [5.41, 5.74) is 1.22. The van der Waals surface area contributed by atoms with Crippen LogP contribution in [0.1, 0.15) is 32.8 Å². The van der Waals surface area contributed by atoms with E-state index in [1.807, 2.05) is 25.1 Å². The molecule has 0 fully saturated rings. The molecule has 1 atom stereocenters. The minimum atomic E-state index is -0.277. The van der Waals surface area contributed by atoms with Crippen LogP contribution in [0.25, 0.3) is 0 Å². The van der Waals surface area contributed by atoms with Crippen molar-refractivity contribution in [2.45, 2.75) is 45.2 Å². The molecule has 0 heterocycles. The second-order valence-electron chi connectivity index (χ2n) is 5.26. The SMILES string of the molecule is COC(=O)C(C)NC(C)(C)CCc1ccccc1. The second-order valence-corrected chi connectivity index (χ2v) is 5.26. The lowest BCUT2D eigenvalue weighted by atomic mass is 9.94. The molecule has 1 aromatic rings. The summed E-state index contributed by atoms with van der Waals surface area (Å²) in [6.07, 6.45) is 1.97. The number of rotatable bonds is 6. The van der Waals surface area contributed by atoms with Crippen LogP contribution >= 0.6 is 0 Å². The number of esters is 1. The Morgan fingerprint density at radius 3 is 2.50 bits per heavy atom. The Kier molecular flexibility index (Phi) is 5.35. The summed E-state index contributed by atoms with van der Waals surface area (Å²) in [6.45, 7) is 6.04. The first-order chi connectivity index (χ1) is 8.44. The van der Waals surface area contributed by atoms with Crippen LogP contribution in [-0.4, -0.2) is 24.7 Å². The number of carbonyl (C=O) groups excluding carboxylic acids is 1. The molecule has 1 rings (SSSR count). The lowest BCUT2D eigenvalue weighted by Crippen LogP contribution is -2.48. The molecule has 0 saturated heterocycles. The van der Waals surface area contributed by atoms with Crippen LogP contribution in [0.3, 0.4) is 0 Å². The predicted molar refractivity (Wildman–Crippen MR) is 73.5 cm³/mol. The number of methoxy groups -OCH3 is 1. The standard InChI is InChI=1S/C15H23NO2/c1-12(14(17)18-4)16-15(2,3)11-10-13-8-6-5-7-9-13/h5-9,12,16H,10-11H2,1-4H3. The van der Waals surface area contributed by atoms with E-state index in [0.29, 0.717) is 0 Å². The molecule has 0 aromatic heterocycles. The summed E-state index contributed by atoms with van der Waals surface area (Å²) >= 11 is 0. The lowest BCUT2D eigenvalue weighted by molar-refractivity contribution is -0.143. The maximum atomic E-state index is 11.4. The number of hydrogen-bond acceptors (Lipinski definition) is 3. The Morgan fingerprint density at radius 2 is 1.94 bits per heavy atom. The Hall–Kier alpha value is -1.35. The summed E-state index contributed by atoms with van der Waals surface area (Å²) in [6, 6.07) is 10.1. The van der Waals surface area contributed by atoms with E-state index in [-0.39, 0.29) is 17.6 Å². The van der Waals surface area contributed by atoms with E-state index in [1.165, 1.54) is 12.7 Å². The molecule has 100 valence electrons. The number of carbonyl (C=O) groups is 1. The molecular formula is C15H23NO2. The van der Waals surface area contributed by atoms with Gasteiger partial charge in [0, 0.05) is 5.54 Å². The van der Waals surface area contributed by atoms with Crippen molar-refractivity contribution in [3.63, 3.8) is 0 Å². The molecule has 0 bridgehead atoms. The number of benzene rings is 1. The molecule has 1 aromatic carbocycles. The van der Waals surface area contributed by atoms with Crippen LogP contribution in [0, 0.1) is 0 Å². The van der Waals surface area contributed by atoms with Crippen LogP contribution < -0.4 is 5.32 Å². The maximum absolute atomic E-state index is 11.4. The first-order valence-electron chi connectivity index (χ1n) is 6.34. The van der Waals surface area contributed by atoms with Crippen molar-refractivity contribution in [3.05, 3.63) is 35.9 Å². The van der Waals surface area contributed by atoms with Gasteiger partial charge >= 0.3 is 5.97 Å². The molecule has 0 aliphatic heterocycles. The molecule has 1 unspecified atom stereocenters. The van der Waals surface area contributed by atoms with E-state index in [1.54, 1.807) is 0 Å². The third-order valence-electron chi connectivity index (χ3n) is 3.04. The fourth-order valence-corrected chi connectivity index (χ4v) is 2.00. The molecule has 0 radical (unpaired) electrons. The van der Waals surface area contributed by atoms with Crippen LogP contribution in [-0.2, 0) is 16.0 Å². The van der Waals surface area contributed by atoms with Gasteiger partial charge in [-0.1, -0.05) is 30.3 Å². The predicted octanol–water partition coefficient (Wildman–Crippen LogP) is 2.55. The highest BCUT2D eigenvalue weighted by atomic mass is 16.5. The van der Waals surface area contributed by atoms with E-state index < -0.39 is 0 Å². The zero-order chi connectivity index (χ0) is 13.6. The summed E-state index contributed by atoms with van der Waals surface area (Å²) < 4.78 is 4.72. The van der Waals surface area contributed by atoms with Gasteiger partial charge in [-0.25, -0.2) is 0 Å². The van der Waals surface area contributed by atoms with Crippen LogP contribution in [0.2, 0.25) is 0 Å². The largest absolute Gasteiger partial charge is 0.468 e. The monoisotopic (exact) mass is 249 g/mol. The number of hydrogen-bond donors (Lipinski definition) is 1. The van der Waals surface area contributed by atoms with Gasteiger partial charge in [0.15, 0.2) is 0 Å². The van der Waals surface area contributed by atoms with Gasteiger partial charge in [0.05, 0.1) is 7.11 Å². The van der Waals surface area contributed by atoms with Crippen molar-refractivity contribution >= 4 is 5.97 Å². The second kappa shape index (κ2) is 6.55. The average Bonchev–Trinajstić information content (AvgIpc) is 2.36. The van der Waals surface area contributed by atoms with Crippen molar-refractivity contribution in [2.24, 2.45) is 0 Å². The van der Waals surface area contributed by atoms with E-state index in [2.05, 4.69) is 31.3 Å². The van der Waals surface area contributed by atoms with Gasteiger partial charge in [0.25, 0.3) is 0 Å². The van der Waals surface area contributed by atoms with Crippen LogP contribution in [0.15, 0.2) is 30.3 Å². The van der Waals surface area contributed by atoms with Gasteiger partial charge in [-0.2, -0.15) is 0 Å². The van der Waals surface area contributed by atoms with E-state index in [4.69, 9.17) is 4.74 Å². The van der Waals surface area contributed by atoms with Crippen molar-refractivity contribution in [1.29, 1.82) is 0 Å². The normalized spacial score (nSPS) is 13.1. The smallest absolute Gasteiger partial charge is 0.322 e. The average molecular weight is 249 g/mol. The van der Waals surface area contributed by atoms with Gasteiger partial charge in [-0.05, 0) is 39.2 Å². The first kappa shape index (κ1) is 14.7. The fraction of sp³-hybridized carbons (Fsp3) is 0.533. The highest BCUT2D eigenvalue weighted by molar-refractivity contribution is 5.75. The minimum absolute atomic E-state index is 0.0938. The van der Waals surface area contributed by atoms with Crippen molar-refractivity contribution in [2.75, 3.05) is 7.11 Å². The summed E-state index contributed by atoms with van der Waals surface area (Å²) in [7, 11) is 1.41. The molecule has 0 aliphatic carbocycles. The summed E-state index contributed by atoms with van der Waals surface area (Å²) in [5.74, 6) is -0.220. The molecular weight excluding hydrogens is 226 g/mol. The third-order valence-corrected chi connectivity index (χ3v) is 3.04. The Labute approximate surface area is 110 Å². The minimum Gasteiger partial charge on any atom is -0.468 e.